The van der Waals surface area contributed by atoms with Crippen LogP contribution in [0.15, 0.2) is 24.5 Å². The summed E-state index contributed by atoms with van der Waals surface area (Å²) in [7, 11) is 3.46. The van der Waals surface area contributed by atoms with E-state index in [1.807, 2.05) is 0 Å². The first-order valence-corrected chi connectivity index (χ1v) is 3.39. The Bertz CT molecular complexity index is 244. The number of hydrogen-bond donors (Lipinski definition) is 0. The van der Waals surface area contributed by atoms with Crippen LogP contribution in [0, 0.1) is 0 Å². The minimum Gasteiger partial charge on any atom is -0.345 e. The van der Waals surface area contributed by atoms with Crippen LogP contribution in [0.5, 0.6) is 0 Å². The molecule has 0 radical (unpaired) electrons. The molecule has 1 aromatic heterocycles. The lowest BCUT2D eigenvalue weighted by atomic mass is 10.2. The van der Waals surface area contributed by atoms with Crippen molar-refractivity contribution in [3.05, 3.63) is 30.1 Å². The number of carbonyl (C=O) groups is 1. The van der Waals surface area contributed by atoms with Crippen molar-refractivity contribution >= 4 is 5.91 Å². The van der Waals surface area contributed by atoms with Gasteiger partial charge in [-0.3, -0.25) is 4.79 Å². The van der Waals surface area contributed by atoms with Gasteiger partial charge in [0.25, 0.3) is 5.91 Å². The Hall–Kier alpha value is -1.38. The summed E-state index contributed by atoms with van der Waals surface area (Å²) in [5.74, 6) is 0.0156. The predicted octanol–water partition coefficient (Wildman–Crippen LogP) is 0.202. The molecule has 11 heavy (non-hydrogen) atoms. The van der Waals surface area contributed by atoms with Crippen LogP contribution in [0.3, 0.4) is 0 Å². The van der Waals surface area contributed by atoms with E-state index in [4.69, 9.17) is 0 Å². The zero-order valence-corrected chi connectivity index (χ0v) is 6.66. The van der Waals surface area contributed by atoms with Gasteiger partial charge in [-0.05, 0) is 6.07 Å². The molecule has 0 saturated carbocycles. The Morgan fingerprint density at radius 3 is 2.73 bits per heavy atom. The average Bonchev–Trinajstić information content (AvgIpc) is 2.05. The van der Waals surface area contributed by atoms with Gasteiger partial charge in [-0.1, -0.05) is 0 Å². The zero-order chi connectivity index (χ0) is 8.27. The number of aromatic nitrogens is 1. The molecule has 0 aliphatic heterocycles. The van der Waals surface area contributed by atoms with E-state index in [0.717, 1.165) is 0 Å². The number of carbonyl (C=O) groups excluding carboxylic acids is 1. The molecular weight excluding hydrogens is 140 g/mol. The van der Waals surface area contributed by atoms with Crippen LogP contribution in [0.2, 0.25) is 0 Å². The Kier molecular flexibility index (Phi) is 2.21. The molecular formula is C8H11N2O+. The highest BCUT2D eigenvalue weighted by atomic mass is 16.2. The maximum Gasteiger partial charge on any atom is 0.259 e. The number of nitrogens with one attached hydrogen (secondary N) is 1. The van der Waals surface area contributed by atoms with Gasteiger partial charge < -0.3 is 4.90 Å². The fourth-order valence-electron chi connectivity index (χ4n) is 0.785. The van der Waals surface area contributed by atoms with Crippen LogP contribution in [0.1, 0.15) is 10.4 Å². The molecule has 0 fully saturated rings. The Balaban J connectivity index is 2.86. The van der Waals surface area contributed by atoms with Crippen LogP contribution in [0.4, 0.5) is 0 Å². The summed E-state index contributed by atoms with van der Waals surface area (Å²) in [5, 5.41) is 0. The van der Waals surface area contributed by atoms with Crippen LogP contribution in [0.25, 0.3) is 0 Å². The molecule has 1 amide bonds. The van der Waals surface area contributed by atoms with Crippen LogP contribution in [-0.2, 0) is 0 Å². The molecule has 0 saturated heterocycles. The third-order valence-corrected chi connectivity index (χ3v) is 1.36. The van der Waals surface area contributed by atoms with Crippen LogP contribution < -0.4 is 4.98 Å². The van der Waals surface area contributed by atoms with Crippen LogP contribution >= 0.6 is 0 Å². The molecule has 0 bridgehead atoms. The highest BCUT2D eigenvalue weighted by molar-refractivity contribution is 5.93. The van der Waals surface area contributed by atoms with Gasteiger partial charge in [0.05, 0.1) is 0 Å². The van der Waals surface area contributed by atoms with Crippen molar-refractivity contribution in [1.82, 2.24) is 4.90 Å². The Labute approximate surface area is 65.7 Å². The molecule has 0 atom stereocenters. The number of nitrogens with zero attached hydrogens (tertiary/aromatic N) is 1. The molecule has 3 nitrogen and oxygen atoms in total. The van der Waals surface area contributed by atoms with Crippen LogP contribution in [-0.4, -0.2) is 24.9 Å². The molecule has 3 heteroatoms. The molecule has 0 aromatic carbocycles. The summed E-state index contributed by atoms with van der Waals surface area (Å²) < 4.78 is 0. The summed E-state index contributed by atoms with van der Waals surface area (Å²) in [6.07, 6.45) is 3.45. The van der Waals surface area contributed by atoms with E-state index >= 15 is 0 Å². The third-order valence-electron chi connectivity index (χ3n) is 1.36. The summed E-state index contributed by atoms with van der Waals surface area (Å²) in [6, 6.07) is 3.58. The minimum absolute atomic E-state index is 0.0156. The van der Waals surface area contributed by atoms with E-state index in [1.165, 1.54) is 0 Å². The molecule has 1 aromatic rings. The highest BCUT2D eigenvalue weighted by Crippen LogP contribution is 1.96. The number of amides is 1. The minimum atomic E-state index is 0.0156. The lowest BCUT2D eigenvalue weighted by Gasteiger charge is -2.07. The number of rotatable bonds is 1. The summed E-state index contributed by atoms with van der Waals surface area (Å²) in [6.45, 7) is 0. The predicted molar refractivity (Wildman–Crippen MR) is 41.0 cm³/mol. The first-order chi connectivity index (χ1) is 5.22. The van der Waals surface area contributed by atoms with E-state index in [-0.39, 0.29) is 5.91 Å². The van der Waals surface area contributed by atoms with Gasteiger partial charge >= 0.3 is 0 Å². The molecule has 1 rings (SSSR count). The lowest BCUT2D eigenvalue weighted by molar-refractivity contribution is -0.378. The van der Waals surface area contributed by atoms with Crippen molar-refractivity contribution < 1.29 is 9.78 Å². The summed E-state index contributed by atoms with van der Waals surface area (Å²) in [4.78, 5) is 15.6. The average molecular weight is 151 g/mol. The first-order valence-electron chi connectivity index (χ1n) is 3.39. The second-order valence-corrected chi connectivity index (χ2v) is 2.49. The number of aromatic amines is 1. The Morgan fingerprint density at radius 1 is 1.55 bits per heavy atom. The SMILES string of the molecule is CN(C)C(=O)c1ccc[nH+]c1. The van der Waals surface area contributed by atoms with Gasteiger partial charge in [-0.15, -0.1) is 0 Å². The highest BCUT2D eigenvalue weighted by Gasteiger charge is 2.08. The van der Waals surface area contributed by atoms with E-state index in [1.54, 1.807) is 43.5 Å². The third kappa shape index (κ3) is 1.77. The number of pyridine rings is 1. The van der Waals surface area contributed by atoms with E-state index in [9.17, 15) is 4.79 Å². The molecule has 58 valence electrons. The Morgan fingerprint density at radius 2 is 2.27 bits per heavy atom. The van der Waals surface area contributed by atoms with E-state index in [2.05, 4.69) is 4.98 Å². The van der Waals surface area contributed by atoms with Crippen molar-refractivity contribution in [2.45, 2.75) is 0 Å². The van der Waals surface area contributed by atoms with E-state index < -0.39 is 0 Å². The number of hydrogen-bond acceptors (Lipinski definition) is 1. The molecule has 0 aliphatic carbocycles. The fraction of sp³-hybridized carbons (Fsp3) is 0.250. The summed E-state index contributed by atoms with van der Waals surface area (Å²) in [5.41, 5.74) is 0.678. The first kappa shape index (κ1) is 7.72. The topological polar surface area (TPSA) is 34.5 Å². The fourth-order valence-corrected chi connectivity index (χ4v) is 0.785. The molecule has 1 N–H and O–H groups in total. The smallest absolute Gasteiger partial charge is 0.259 e. The van der Waals surface area contributed by atoms with Crippen molar-refractivity contribution in [1.29, 1.82) is 0 Å². The monoisotopic (exact) mass is 151 g/mol. The van der Waals surface area contributed by atoms with Gasteiger partial charge in [-0.25, -0.2) is 4.98 Å². The van der Waals surface area contributed by atoms with E-state index in [0.29, 0.717) is 5.56 Å². The molecule has 1 heterocycles. The largest absolute Gasteiger partial charge is 0.345 e. The maximum atomic E-state index is 11.3. The maximum absolute atomic E-state index is 11.3. The molecule has 0 unspecified atom stereocenters. The number of H-pyrrole nitrogens is 1. The zero-order valence-electron chi connectivity index (χ0n) is 6.66. The van der Waals surface area contributed by atoms with Crippen molar-refractivity contribution in [3.63, 3.8) is 0 Å². The molecule has 0 spiro atoms. The van der Waals surface area contributed by atoms with Gasteiger partial charge in [-0.2, -0.15) is 0 Å². The lowest BCUT2D eigenvalue weighted by Crippen LogP contribution is -2.22. The van der Waals surface area contributed by atoms with Gasteiger partial charge in [0.2, 0.25) is 0 Å². The summed E-state index contributed by atoms with van der Waals surface area (Å²) >= 11 is 0. The quantitative estimate of drug-likeness (QED) is 0.564. The van der Waals surface area contributed by atoms with Crippen molar-refractivity contribution in [3.8, 4) is 0 Å². The van der Waals surface area contributed by atoms with Gasteiger partial charge in [0.1, 0.15) is 5.56 Å². The second kappa shape index (κ2) is 3.14. The normalized spacial score (nSPS) is 9.27. The van der Waals surface area contributed by atoms with Gasteiger partial charge in [0, 0.05) is 20.2 Å². The van der Waals surface area contributed by atoms with Gasteiger partial charge in [0.15, 0.2) is 12.4 Å². The van der Waals surface area contributed by atoms with Crippen molar-refractivity contribution in [2.24, 2.45) is 0 Å². The second-order valence-electron chi connectivity index (χ2n) is 2.49. The van der Waals surface area contributed by atoms with Crippen molar-refractivity contribution in [2.75, 3.05) is 14.1 Å². The molecule has 0 aliphatic rings. The standard InChI is InChI=1S/C8H10N2O/c1-10(2)8(11)7-4-3-5-9-6-7/h3-6H,1-2H3/p+1.